The van der Waals surface area contributed by atoms with E-state index in [1.165, 1.54) is 16.2 Å². The van der Waals surface area contributed by atoms with Crippen molar-refractivity contribution in [1.82, 2.24) is 19.9 Å². The molecule has 0 aliphatic rings. The molecule has 0 radical (unpaired) electrons. The first-order chi connectivity index (χ1) is 23.3. The molecule has 0 saturated heterocycles. The third-order valence-electron chi connectivity index (χ3n) is 9.13. The fourth-order valence-electron chi connectivity index (χ4n) is 6.96. The van der Waals surface area contributed by atoms with Crippen molar-refractivity contribution in [3.63, 3.8) is 0 Å². The molecule has 0 bridgehead atoms. The number of fused-ring (bicyclic) bond motifs is 9. The fourth-order valence-corrected chi connectivity index (χ4v) is 6.96. The summed E-state index contributed by atoms with van der Waals surface area (Å²) < 4.78 is 6.21. The van der Waals surface area contributed by atoms with Crippen LogP contribution in [0, 0.1) is 0 Å². The highest BCUT2D eigenvalue weighted by Gasteiger charge is 2.20. The van der Waals surface area contributed by atoms with E-state index in [1.54, 1.807) is 6.20 Å². The van der Waals surface area contributed by atoms with Crippen molar-refractivity contribution in [3.05, 3.63) is 146 Å². The number of hydrogen-bond donors (Lipinski definition) is 0. The molecule has 0 fully saturated rings. The average molecular weight is 601 g/mol. The summed E-state index contributed by atoms with van der Waals surface area (Å²) in [5.41, 5.74) is 4.99. The molecule has 0 aliphatic heterocycles. The monoisotopic (exact) mass is 600 g/mol. The van der Waals surface area contributed by atoms with E-state index in [4.69, 9.17) is 24.4 Å². The highest BCUT2D eigenvalue weighted by atomic mass is 16.3. The summed E-state index contributed by atoms with van der Waals surface area (Å²) in [6.45, 7) is 0. The summed E-state index contributed by atoms with van der Waals surface area (Å²) in [4.78, 5) is 20.4. The zero-order chi connectivity index (χ0) is 30.9. The number of pyridine rings is 1. The van der Waals surface area contributed by atoms with Gasteiger partial charge in [0.05, 0.1) is 5.39 Å². The van der Waals surface area contributed by atoms with E-state index in [1.807, 2.05) is 30.3 Å². The van der Waals surface area contributed by atoms with Crippen molar-refractivity contribution < 1.29 is 4.42 Å². The Kier molecular flexibility index (Phi) is 5.51. The van der Waals surface area contributed by atoms with E-state index < -0.39 is 0 Å². The normalized spacial score (nSPS) is 11.8. The van der Waals surface area contributed by atoms with Crippen molar-refractivity contribution in [2.45, 2.75) is 0 Å². The molecule has 10 aromatic rings. The molecule has 7 aromatic carbocycles. The molecular weight excluding hydrogens is 576 g/mol. The molecule has 218 valence electrons. The third kappa shape index (κ3) is 4.03. The van der Waals surface area contributed by atoms with Gasteiger partial charge in [0.25, 0.3) is 0 Å². The Labute approximate surface area is 268 Å². The third-order valence-corrected chi connectivity index (χ3v) is 9.13. The summed E-state index contributed by atoms with van der Waals surface area (Å²) >= 11 is 0. The quantitative estimate of drug-likeness (QED) is 0.189. The number of nitrogens with zero attached hydrogens (tertiary/aromatic N) is 4. The summed E-state index contributed by atoms with van der Waals surface area (Å²) in [6.07, 6.45) is 1.79. The lowest BCUT2D eigenvalue weighted by Gasteiger charge is -2.14. The Morgan fingerprint density at radius 1 is 0.404 bits per heavy atom. The average Bonchev–Trinajstić information content (AvgIpc) is 3.53. The van der Waals surface area contributed by atoms with E-state index in [0.717, 1.165) is 65.7 Å². The fraction of sp³-hybridized carbons (Fsp3) is 0. The van der Waals surface area contributed by atoms with Gasteiger partial charge in [-0.1, -0.05) is 109 Å². The van der Waals surface area contributed by atoms with Crippen LogP contribution in [0.1, 0.15) is 0 Å². The highest BCUT2D eigenvalue weighted by Crippen LogP contribution is 2.40. The maximum absolute atomic E-state index is 6.21. The van der Waals surface area contributed by atoms with Crippen LogP contribution in [0.3, 0.4) is 0 Å². The number of hydrogen-bond acceptors (Lipinski definition) is 5. The lowest BCUT2D eigenvalue weighted by Crippen LogP contribution is -2.01. The summed E-state index contributed by atoms with van der Waals surface area (Å²) in [5.74, 6) is 1.79. The number of rotatable bonds is 3. The standard InChI is InChI=1S/C42H24N4O/c1-2-11-27-23-29(19-18-25(27)9-1)40-44-41(33-15-7-16-35-38(33)39-36(47-35)17-8-22-43-39)46-42(45-40)34-24-28-12-4-5-13-30(28)32-21-20-26-10-3-6-14-31(26)37(32)34/h1-24H. The molecule has 5 nitrogen and oxygen atoms in total. The molecule has 0 aliphatic carbocycles. The predicted octanol–water partition coefficient (Wildman–Crippen LogP) is 10.8. The first-order valence-corrected chi connectivity index (χ1v) is 15.6. The summed E-state index contributed by atoms with van der Waals surface area (Å²) in [6, 6.07) is 48.2. The summed E-state index contributed by atoms with van der Waals surface area (Å²) in [7, 11) is 0. The van der Waals surface area contributed by atoms with E-state index in [0.29, 0.717) is 17.5 Å². The van der Waals surface area contributed by atoms with Gasteiger partial charge in [0.1, 0.15) is 11.1 Å². The second-order valence-corrected chi connectivity index (χ2v) is 11.9. The molecule has 0 spiro atoms. The number of aromatic nitrogens is 4. The van der Waals surface area contributed by atoms with Gasteiger partial charge in [0.15, 0.2) is 23.1 Å². The molecule has 3 heterocycles. The van der Waals surface area contributed by atoms with Crippen molar-refractivity contribution in [3.8, 4) is 34.2 Å². The molecule has 0 N–H and O–H groups in total. The van der Waals surface area contributed by atoms with Gasteiger partial charge < -0.3 is 4.42 Å². The van der Waals surface area contributed by atoms with Gasteiger partial charge in [-0.25, -0.2) is 15.0 Å². The molecule has 3 aromatic heterocycles. The molecule has 47 heavy (non-hydrogen) atoms. The van der Waals surface area contributed by atoms with E-state index >= 15 is 0 Å². The van der Waals surface area contributed by atoms with Gasteiger partial charge in [0, 0.05) is 28.3 Å². The van der Waals surface area contributed by atoms with Crippen LogP contribution < -0.4 is 0 Å². The van der Waals surface area contributed by atoms with Crippen molar-refractivity contribution in [2.24, 2.45) is 0 Å². The Bertz CT molecular complexity index is 2870. The van der Waals surface area contributed by atoms with Crippen LogP contribution in [-0.4, -0.2) is 19.9 Å². The predicted molar refractivity (Wildman–Crippen MR) is 191 cm³/mol. The van der Waals surface area contributed by atoms with Crippen molar-refractivity contribution in [2.75, 3.05) is 0 Å². The smallest absolute Gasteiger partial charge is 0.164 e. The van der Waals surface area contributed by atoms with Crippen molar-refractivity contribution in [1.29, 1.82) is 0 Å². The van der Waals surface area contributed by atoms with Crippen LogP contribution >= 0.6 is 0 Å². The molecule has 0 atom stereocenters. The zero-order valence-corrected chi connectivity index (χ0v) is 25.1. The molecule has 5 heteroatoms. The first kappa shape index (κ1) is 25.8. The van der Waals surface area contributed by atoms with Crippen LogP contribution in [0.5, 0.6) is 0 Å². The van der Waals surface area contributed by atoms with Gasteiger partial charge in [-0.2, -0.15) is 0 Å². The molecule has 0 unspecified atom stereocenters. The largest absolute Gasteiger partial charge is 0.454 e. The molecule has 0 amide bonds. The molecular formula is C42H24N4O. The maximum atomic E-state index is 6.21. The van der Waals surface area contributed by atoms with Gasteiger partial charge in [-0.3, -0.25) is 4.98 Å². The Morgan fingerprint density at radius 2 is 1.11 bits per heavy atom. The lowest BCUT2D eigenvalue weighted by atomic mass is 9.92. The number of furan rings is 1. The van der Waals surface area contributed by atoms with Gasteiger partial charge in [-0.05, 0) is 68.0 Å². The highest BCUT2D eigenvalue weighted by molar-refractivity contribution is 6.22. The first-order valence-electron chi connectivity index (χ1n) is 15.6. The second kappa shape index (κ2) is 10.0. The van der Waals surface area contributed by atoms with Gasteiger partial charge in [-0.15, -0.1) is 0 Å². The van der Waals surface area contributed by atoms with Crippen LogP contribution in [0.25, 0.3) is 99.3 Å². The second-order valence-electron chi connectivity index (χ2n) is 11.9. The topological polar surface area (TPSA) is 64.7 Å². The Balaban J connectivity index is 1.33. The van der Waals surface area contributed by atoms with Crippen LogP contribution in [-0.2, 0) is 0 Å². The van der Waals surface area contributed by atoms with E-state index in [9.17, 15) is 0 Å². The molecule has 0 saturated carbocycles. The van der Waals surface area contributed by atoms with E-state index in [2.05, 4.69) is 109 Å². The van der Waals surface area contributed by atoms with Crippen LogP contribution in [0.4, 0.5) is 0 Å². The minimum atomic E-state index is 0.568. The Morgan fingerprint density at radius 3 is 2.00 bits per heavy atom. The minimum absolute atomic E-state index is 0.568. The van der Waals surface area contributed by atoms with Gasteiger partial charge >= 0.3 is 0 Å². The lowest BCUT2D eigenvalue weighted by molar-refractivity contribution is 0.668. The van der Waals surface area contributed by atoms with Crippen LogP contribution in [0.2, 0.25) is 0 Å². The van der Waals surface area contributed by atoms with E-state index in [-0.39, 0.29) is 0 Å². The van der Waals surface area contributed by atoms with Crippen LogP contribution in [0.15, 0.2) is 150 Å². The minimum Gasteiger partial charge on any atom is -0.454 e. The summed E-state index contributed by atoms with van der Waals surface area (Å²) in [5, 5.41) is 10.1. The zero-order valence-electron chi connectivity index (χ0n) is 25.1. The Hall–Kier alpha value is -6.46. The van der Waals surface area contributed by atoms with Gasteiger partial charge in [0.2, 0.25) is 0 Å². The maximum Gasteiger partial charge on any atom is 0.164 e. The van der Waals surface area contributed by atoms with Crippen molar-refractivity contribution >= 4 is 65.2 Å². The molecule has 10 rings (SSSR count). The number of benzene rings is 7. The SMILES string of the molecule is c1ccc2cc(-c3nc(-c4cc5ccccc5c5ccc6ccccc6c45)nc(-c4cccc5oc6cccnc6c45)n3)ccc2c1.